The van der Waals surface area contributed by atoms with Gasteiger partial charge in [-0.15, -0.1) is 0 Å². The molecule has 1 rings (SSSR count). The first kappa shape index (κ1) is 33.6. The van der Waals surface area contributed by atoms with Crippen LogP contribution in [0.25, 0.3) is 0 Å². The number of nitrogens with zero attached hydrogens (tertiary/aromatic N) is 2. The van der Waals surface area contributed by atoms with E-state index in [1.54, 1.807) is 0 Å². The van der Waals surface area contributed by atoms with E-state index in [4.69, 9.17) is 4.74 Å². The summed E-state index contributed by atoms with van der Waals surface area (Å²) in [5.74, 6) is 0.501. The van der Waals surface area contributed by atoms with Crippen molar-refractivity contribution in [3.63, 3.8) is 0 Å². The maximum atomic E-state index is 12.4. The minimum Gasteiger partial charge on any atom is -0.465 e. The van der Waals surface area contributed by atoms with Gasteiger partial charge in [0.2, 0.25) is 0 Å². The van der Waals surface area contributed by atoms with Gasteiger partial charge in [-0.3, -0.25) is 14.7 Å². The van der Waals surface area contributed by atoms with Gasteiger partial charge < -0.3 is 9.84 Å². The fraction of sp³-hybridized carbons (Fsp3) is 0.812. The van der Waals surface area contributed by atoms with Gasteiger partial charge in [0, 0.05) is 31.9 Å². The van der Waals surface area contributed by atoms with Crippen LogP contribution in [0.1, 0.15) is 135 Å². The fourth-order valence-corrected chi connectivity index (χ4v) is 4.96. The van der Waals surface area contributed by atoms with Crippen molar-refractivity contribution in [3.8, 4) is 0 Å². The molecule has 1 aromatic heterocycles. The Kier molecular flexibility index (Phi) is 22.5. The highest BCUT2D eigenvalue weighted by atomic mass is 16.5. The molecule has 0 spiro atoms. The van der Waals surface area contributed by atoms with Gasteiger partial charge in [-0.1, -0.05) is 97.3 Å². The van der Waals surface area contributed by atoms with Gasteiger partial charge in [-0.2, -0.15) is 0 Å². The summed E-state index contributed by atoms with van der Waals surface area (Å²) in [6, 6.07) is 4.04. The van der Waals surface area contributed by atoms with Crippen LogP contribution in [-0.2, 0) is 16.1 Å². The molecule has 1 aromatic rings. The molecule has 0 atom stereocenters. The number of pyridine rings is 1. The van der Waals surface area contributed by atoms with Gasteiger partial charge in [0.1, 0.15) is 0 Å². The van der Waals surface area contributed by atoms with Crippen molar-refractivity contribution in [1.29, 1.82) is 0 Å². The Hall–Kier alpha value is -1.46. The van der Waals surface area contributed by atoms with E-state index in [9.17, 15) is 9.90 Å². The van der Waals surface area contributed by atoms with Gasteiger partial charge in [-0.25, -0.2) is 0 Å². The first-order valence-corrected chi connectivity index (χ1v) is 15.6. The van der Waals surface area contributed by atoms with E-state index >= 15 is 0 Å². The van der Waals surface area contributed by atoms with E-state index in [1.807, 2.05) is 24.5 Å². The maximum absolute atomic E-state index is 12.4. The zero-order valence-electron chi connectivity index (χ0n) is 24.3. The molecule has 0 bridgehead atoms. The lowest BCUT2D eigenvalue weighted by molar-refractivity contribution is -0.145. The van der Waals surface area contributed by atoms with Gasteiger partial charge in [0.25, 0.3) is 0 Å². The average molecular weight is 519 g/mol. The number of ether oxygens (including phenoxy) is 1. The van der Waals surface area contributed by atoms with Crippen molar-refractivity contribution < 1.29 is 14.6 Å². The predicted molar refractivity (Wildman–Crippen MR) is 156 cm³/mol. The second kappa shape index (κ2) is 24.9. The molecule has 0 radical (unpaired) electrons. The van der Waals surface area contributed by atoms with Crippen molar-refractivity contribution in [2.24, 2.45) is 5.92 Å². The lowest BCUT2D eigenvalue weighted by atomic mass is 9.94. The molecular formula is C32H58N2O3. The molecule has 0 aromatic carbocycles. The summed E-state index contributed by atoms with van der Waals surface area (Å²) in [5.41, 5.74) is 1.21. The third kappa shape index (κ3) is 20.2. The standard InChI is InChI=1S/C32H58N2O3/c1-3-5-7-9-11-14-18-31(19-15-12-10-8-6-4-2)29-37-32(36)20-16-13-17-25-34(26-27-35)28-30-21-23-33-24-22-30/h21-24,31,35H,3-20,25-29H2,1-2H3. The molecule has 0 aliphatic heterocycles. The number of carbonyl (C=O) groups is 1. The van der Waals surface area contributed by atoms with Crippen LogP contribution in [-0.4, -0.2) is 47.3 Å². The molecule has 0 saturated heterocycles. The number of unbranched alkanes of at least 4 members (excludes halogenated alkanes) is 12. The summed E-state index contributed by atoms with van der Waals surface area (Å²) in [7, 11) is 0. The van der Waals surface area contributed by atoms with Crippen LogP contribution in [0.15, 0.2) is 24.5 Å². The van der Waals surface area contributed by atoms with Crippen LogP contribution < -0.4 is 0 Å². The maximum Gasteiger partial charge on any atom is 0.305 e. The van der Waals surface area contributed by atoms with Crippen molar-refractivity contribution >= 4 is 5.97 Å². The SMILES string of the molecule is CCCCCCCCC(CCCCCCCC)COC(=O)CCCCCN(CCO)Cc1ccncc1. The summed E-state index contributed by atoms with van der Waals surface area (Å²) in [4.78, 5) is 18.8. The fourth-order valence-electron chi connectivity index (χ4n) is 4.96. The first-order chi connectivity index (χ1) is 18.2. The van der Waals surface area contributed by atoms with Crippen LogP contribution in [0.2, 0.25) is 0 Å². The third-order valence-electron chi connectivity index (χ3n) is 7.34. The highest BCUT2D eigenvalue weighted by Gasteiger charge is 2.13. The number of hydrogen-bond acceptors (Lipinski definition) is 5. The number of aromatic nitrogens is 1. The lowest BCUT2D eigenvalue weighted by Crippen LogP contribution is -2.27. The molecule has 0 unspecified atom stereocenters. The quantitative estimate of drug-likeness (QED) is 0.0991. The van der Waals surface area contributed by atoms with Crippen molar-refractivity contribution in [2.75, 3.05) is 26.3 Å². The summed E-state index contributed by atoms with van der Waals surface area (Å²) in [6.45, 7) is 7.72. The Balaban J connectivity index is 2.24. The smallest absolute Gasteiger partial charge is 0.305 e. The number of aliphatic hydroxyl groups excluding tert-OH is 1. The second-order valence-electron chi connectivity index (χ2n) is 10.8. The topological polar surface area (TPSA) is 62.7 Å². The molecule has 0 fully saturated rings. The molecule has 0 saturated carbocycles. The van der Waals surface area contributed by atoms with Crippen LogP contribution in [0.4, 0.5) is 0 Å². The van der Waals surface area contributed by atoms with Crippen LogP contribution >= 0.6 is 0 Å². The van der Waals surface area contributed by atoms with Crippen LogP contribution in [0.5, 0.6) is 0 Å². The largest absolute Gasteiger partial charge is 0.465 e. The average Bonchev–Trinajstić information content (AvgIpc) is 2.91. The molecule has 214 valence electrons. The van der Waals surface area contributed by atoms with E-state index in [0.717, 1.165) is 32.4 Å². The second-order valence-corrected chi connectivity index (χ2v) is 10.8. The highest BCUT2D eigenvalue weighted by molar-refractivity contribution is 5.69. The minimum absolute atomic E-state index is 0.0279. The van der Waals surface area contributed by atoms with Crippen molar-refractivity contribution in [3.05, 3.63) is 30.1 Å². The number of rotatable bonds is 26. The lowest BCUT2D eigenvalue weighted by Gasteiger charge is -2.21. The summed E-state index contributed by atoms with van der Waals surface area (Å²) < 4.78 is 5.75. The molecule has 0 amide bonds. The highest BCUT2D eigenvalue weighted by Crippen LogP contribution is 2.20. The molecule has 5 nitrogen and oxygen atoms in total. The van der Waals surface area contributed by atoms with Gasteiger partial charge in [-0.05, 0) is 55.8 Å². The zero-order valence-corrected chi connectivity index (χ0v) is 24.3. The van der Waals surface area contributed by atoms with Gasteiger partial charge in [0.05, 0.1) is 13.2 Å². The summed E-state index contributed by atoms with van der Waals surface area (Å²) >= 11 is 0. The van der Waals surface area contributed by atoms with Crippen molar-refractivity contribution in [2.45, 2.75) is 136 Å². The van der Waals surface area contributed by atoms with E-state index < -0.39 is 0 Å². The molecule has 37 heavy (non-hydrogen) atoms. The summed E-state index contributed by atoms with van der Waals surface area (Å²) in [6.07, 6.45) is 25.3. The predicted octanol–water partition coefficient (Wildman–Crippen LogP) is 8.10. The van der Waals surface area contributed by atoms with E-state index in [1.165, 1.54) is 95.5 Å². The molecular weight excluding hydrogens is 460 g/mol. The van der Waals surface area contributed by atoms with Crippen LogP contribution in [0, 0.1) is 5.92 Å². The van der Waals surface area contributed by atoms with E-state index in [-0.39, 0.29) is 12.6 Å². The van der Waals surface area contributed by atoms with Crippen molar-refractivity contribution in [1.82, 2.24) is 9.88 Å². The van der Waals surface area contributed by atoms with Crippen LogP contribution in [0.3, 0.4) is 0 Å². The molecule has 0 aliphatic carbocycles. The zero-order chi connectivity index (χ0) is 26.8. The molecule has 5 heteroatoms. The molecule has 1 N–H and O–H groups in total. The minimum atomic E-state index is -0.0279. The van der Waals surface area contributed by atoms with Gasteiger partial charge in [0.15, 0.2) is 0 Å². The Labute approximate surface area is 228 Å². The Morgan fingerprint density at radius 1 is 0.811 bits per heavy atom. The number of carbonyl (C=O) groups excluding carboxylic acids is 1. The Morgan fingerprint density at radius 2 is 1.38 bits per heavy atom. The number of aliphatic hydroxyl groups is 1. The summed E-state index contributed by atoms with van der Waals surface area (Å²) in [5, 5.41) is 9.38. The number of hydrogen-bond donors (Lipinski definition) is 1. The normalized spacial score (nSPS) is 11.5. The van der Waals surface area contributed by atoms with E-state index in [2.05, 4.69) is 23.7 Å². The Bertz CT molecular complexity index is 610. The first-order valence-electron chi connectivity index (χ1n) is 15.6. The monoisotopic (exact) mass is 518 g/mol. The number of esters is 1. The van der Waals surface area contributed by atoms with E-state index in [0.29, 0.717) is 25.5 Å². The molecule has 0 aliphatic rings. The van der Waals surface area contributed by atoms with Gasteiger partial charge >= 0.3 is 5.97 Å². The Morgan fingerprint density at radius 3 is 1.97 bits per heavy atom. The third-order valence-corrected chi connectivity index (χ3v) is 7.34. The molecule has 1 heterocycles.